The summed E-state index contributed by atoms with van der Waals surface area (Å²) in [5.41, 5.74) is 0.775. The van der Waals surface area contributed by atoms with Crippen molar-refractivity contribution < 1.29 is 18.0 Å². The van der Waals surface area contributed by atoms with Crippen molar-refractivity contribution in [2.75, 3.05) is 30.7 Å². The van der Waals surface area contributed by atoms with Gasteiger partial charge in [0.25, 0.3) is 5.91 Å². The zero-order chi connectivity index (χ0) is 22.1. The van der Waals surface area contributed by atoms with Crippen molar-refractivity contribution in [3.8, 4) is 0 Å². The average Bonchev–Trinajstić information content (AvgIpc) is 2.85. The van der Waals surface area contributed by atoms with E-state index >= 15 is 0 Å². The second kappa shape index (κ2) is 8.20. The monoisotopic (exact) mass is 429 g/mol. The number of carbonyl (C=O) groups is 2. The largest absolute Gasteiger partial charge is 0.350 e. The predicted octanol–water partition coefficient (Wildman–Crippen LogP) is 2.42. The third kappa shape index (κ3) is 4.39. The van der Waals surface area contributed by atoms with Gasteiger partial charge in [-0.25, -0.2) is 12.7 Å². The number of amides is 2. The Morgan fingerprint density at radius 2 is 1.70 bits per heavy atom. The third-order valence-electron chi connectivity index (χ3n) is 5.21. The van der Waals surface area contributed by atoms with Gasteiger partial charge in [0.15, 0.2) is 0 Å². The van der Waals surface area contributed by atoms with Gasteiger partial charge in [-0.15, -0.1) is 0 Å². The number of sulfonamides is 1. The maximum atomic E-state index is 12.6. The number of anilines is 1. The first-order valence-corrected chi connectivity index (χ1v) is 11.3. The van der Waals surface area contributed by atoms with Gasteiger partial charge in [0.2, 0.25) is 15.9 Å². The Bertz CT molecular complexity index is 1030. The summed E-state index contributed by atoms with van der Waals surface area (Å²) < 4.78 is 25.6. The second-order valence-electron chi connectivity index (χ2n) is 8.36. The minimum absolute atomic E-state index is 0.0176. The normalized spacial score (nSPS) is 18.4. The van der Waals surface area contributed by atoms with Crippen molar-refractivity contribution in [2.45, 2.75) is 19.9 Å². The van der Waals surface area contributed by atoms with E-state index in [0.717, 1.165) is 9.87 Å². The topological polar surface area (TPSA) is 86.8 Å². The number of benzene rings is 2. The van der Waals surface area contributed by atoms with Gasteiger partial charge in [-0.2, -0.15) is 0 Å². The van der Waals surface area contributed by atoms with Crippen LogP contribution in [0.25, 0.3) is 0 Å². The quantitative estimate of drug-likeness (QED) is 0.762. The molecule has 1 heterocycles. The van der Waals surface area contributed by atoms with Crippen molar-refractivity contribution in [2.24, 2.45) is 5.41 Å². The molecule has 1 atom stereocenters. The molecule has 7 nitrogen and oxygen atoms in total. The van der Waals surface area contributed by atoms with Gasteiger partial charge in [-0.1, -0.05) is 30.3 Å². The first-order valence-electron chi connectivity index (χ1n) is 9.70. The van der Waals surface area contributed by atoms with E-state index < -0.39 is 21.3 Å². The lowest BCUT2D eigenvalue weighted by Crippen LogP contribution is -2.34. The molecule has 0 radical (unpaired) electrons. The van der Waals surface area contributed by atoms with Crippen LogP contribution in [-0.4, -0.2) is 51.5 Å². The highest BCUT2D eigenvalue weighted by Crippen LogP contribution is 2.35. The smallest absolute Gasteiger partial charge is 0.251 e. The molecule has 2 aromatic rings. The van der Waals surface area contributed by atoms with Gasteiger partial charge in [0.05, 0.1) is 22.9 Å². The summed E-state index contributed by atoms with van der Waals surface area (Å²) in [5.74, 6) is -0.955. The van der Waals surface area contributed by atoms with Gasteiger partial charge in [-0.3, -0.25) is 9.59 Å². The standard InChI is InChI=1S/C22H27N3O4S/c1-22(2)15-30(28,29)25(21(22)27)18-12-10-17(11-13-18)20(26)23-14-19(24(3)4)16-8-6-5-7-9-16/h5-13,19H,14-15H2,1-4H3,(H,23,26). The number of carbonyl (C=O) groups excluding carboxylic acids is 2. The first kappa shape index (κ1) is 22.0. The number of likely N-dealkylation sites (N-methyl/N-ethyl adjacent to an activating group) is 1. The maximum Gasteiger partial charge on any atom is 0.251 e. The fourth-order valence-corrected chi connectivity index (χ4v) is 5.68. The van der Waals surface area contributed by atoms with Crippen LogP contribution in [0, 0.1) is 5.41 Å². The van der Waals surface area contributed by atoms with Crippen LogP contribution >= 0.6 is 0 Å². The molecule has 30 heavy (non-hydrogen) atoms. The Kier molecular flexibility index (Phi) is 6.01. The number of nitrogens with zero attached hydrogens (tertiary/aromatic N) is 2. The highest BCUT2D eigenvalue weighted by Gasteiger charge is 2.49. The highest BCUT2D eigenvalue weighted by molar-refractivity contribution is 7.94. The van der Waals surface area contributed by atoms with Crippen LogP contribution in [0.3, 0.4) is 0 Å². The van der Waals surface area contributed by atoms with Crippen LogP contribution in [0.4, 0.5) is 5.69 Å². The first-order chi connectivity index (χ1) is 14.0. The van der Waals surface area contributed by atoms with Crippen LogP contribution in [-0.2, 0) is 14.8 Å². The van der Waals surface area contributed by atoms with Gasteiger partial charge < -0.3 is 10.2 Å². The molecule has 0 aromatic heterocycles. The molecule has 1 aliphatic rings. The number of hydrogen-bond acceptors (Lipinski definition) is 5. The Morgan fingerprint density at radius 1 is 1.10 bits per heavy atom. The summed E-state index contributed by atoms with van der Waals surface area (Å²) in [6.45, 7) is 3.65. The van der Waals surface area contributed by atoms with E-state index in [2.05, 4.69) is 5.32 Å². The molecule has 1 N–H and O–H groups in total. The van der Waals surface area contributed by atoms with Crippen molar-refractivity contribution >= 4 is 27.5 Å². The third-order valence-corrected chi connectivity index (χ3v) is 7.23. The molecular formula is C22H27N3O4S. The summed E-state index contributed by atoms with van der Waals surface area (Å²) in [5, 5.41) is 2.93. The molecule has 2 aromatic carbocycles. The zero-order valence-electron chi connectivity index (χ0n) is 17.6. The molecule has 1 fully saturated rings. The van der Waals surface area contributed by atoms with Crippen molar-refractivity contribution in [1.29, 1.82) is 0 Å². The molecule has 3 rings (SSSR count). The fourth-order valence-electron chi connectivity index (χ4n) is 3.57. The highest BCUT2D eigenvalue weighted by atomic mass is 32.2. The van der Waals surface area contributed by atoms with Crippen LogP contribution in [0.2, 0.25) is 0 Å². The lowest BCUT2D eigenvalue weighted by Gasteiger charge is -2.25. The van der Waals surface area contributed by atoms with Crippen LogP contribution < -0.4 is 9.62 Å². The molecule has 1 unspecified atom stereocenters. The molecule has 0 saturated carbocycles. The molecule has 0 bridgehead atoms. The summed E-state index contributed by atoms with van der Waals surface area (Å²) >= 11 is 0. The molecule has 0 aliphatic carbocycles. The van der Waals surface area contributed by atoms with E-state index in [1.54, 1.807) is 13.8 Å². The number of rotatable bonds is 6. The Hall–Kier alpha value is -2.71. The Balaban J connectivity index is 1.72. The van der Waals surface area contributed by atoms with Gasteiger partial charge in [0.1, 0.15) is 0 Å². The molecule has 0 spiro atoms. The molecular weight excluding hydrogens is 402 g/mol. The maximum absolute atomic E-state index is 12.6. The Labute approximate surface area is 177 Å². The van der Waals surface area contributed by atoms with E-state index in [1.165, 1.54) is 24.3 Å². The second-order valence-corrected chi connectivity index (χ2v) is 10.2. The van der Waals surface area contributed by atoms with Gasteiger partial charge in [0, 0.05) is 12.1 Å². The SMILES string of the molecule is CN(C)C(CNC(=O)c1ccc(N2C(=O)C(C)(C)CS2(=O)=O)cc1)c1ccccc1. The summed E-state index contributed by atoms with van der Waals surface area (Å²) in [6, 6.07) is 16.0. The molecule has 160 valence electrons. The zero-order valence-corrected chi connectivity index (χ0v) is 18.4. The van der Waals surface area contributed by atoms with E-state index in [-0.39, 0.29) is 23.4 Å². The van der Waals surface area contributed by atoms with Crippen molar-refractivity contribution in [3.63, 3.8) is 0 Å². The molecule has 1 aliphatic heterocycles. The minimum Gasteiger partial charge on any atom is -0.350 e. The lowest BCUT2D eigenvalue weighted by molar-refractivity contribution is -0.123. The van der Waals surface area contributed by atoms with Crippen molar-refractivity contribution in [3.05, 3.63) is 65.7 Å². The lowest BCUT2D eigenvalue weighted by atomic mass is 9.95. The van der Waals surface area contributed by atoms with E-state index in [1.807, 2.05) is 49.3 Å². The number of nitrogens with one attached hydrogen (secondary N) is 1. The number of hydrogen-bond donors (Lipinski definition) is 1. The van der Waals surface area contributed by atoms with Crippen LogP contribution in [0.15, 0.2) is 54.6 Å². The van der Waals surface area contributed by atoms with Gasteiger partial charge >= 0.3 is 0 Å². The fraction of sp³-hybridized carbons (Fsp3) is 0.364. The predicted molar refractivity (Wildman–Crippen MR) is 117 cm³/mol. The summed E-state index contributed by atoms with van der Waals surface area (Å²) in [4.78, 5) is 27.1. The summed E-state index contributed by atoms with van der Waals surface area (Å²) in [6.07, 6.45) is 0. The van der Waals surface area contributed by atoms with Gasteiger partial charge in [-0.05, 0) is 57.8 Å². The Morgan fingerprint density at radius 3 is 2.20 bits per heavy atom. The minimum atomic E-state index is -3.71. The van der Waals surface area contributed by atoms with Crippen LogP contribution in [0.1, 0.15) is 35.8 Å². The van der Waals surface area contributed by atoms with Crippen molar-refractivity contribution in [1.82, 2.24) is 10.2 Å². The van der Waals surface area contributed by atoms with Crippen LogP contribution in [0.5, 0.6) is 0 Å². The molecule has 8 heteroatoms. The van der Waals surface area contributed by atoms with E-state index in [9.17, 15) is 18.0 Å². The molecule has 1 saturated heterocycles. The van der Waals surface area contributed by atoms with E-state index in [4.69, 9.17) is 0 Å². The summed E-state index contributed by atoms with van der Waals surface area (Å²) in [7, 11) is 0.190. The average molecular weight is 430 g/mol. The molecule has 2 amide bonds. The van der Waals surface area contributed by atoms with E-state index in [0.29, 0.717) is 12.1 Å².